The number of nitrogens with one attached hydrogen (secondary N) is 1. The molecule has 2 aromatic rings. The van der Waals surface area contributed by atoms with Crippen molar-refractivity contribution < 1.29 is 9.53 Å². The fourth-order valence-corrected chi connectivity index (χ4v) is 2.05. The second-order valence-corrected chi connectivity index (χ2v) is 4.29. The number of aromatic nitrogens is 1. The topological polar surface area (TPSA) is 59.2 Å². The van der Waals surface area contributed by atoms with Gasteiger partial charge in [-0.3, -0.25) is 4.79 Å². The smallest absolute Gasteiger partial charge is 0.354 e. The Morgan fingerprint density at radius 1 is 1.41 bits per heavy atom. The SMILES string of the molecule is CCOC(=O)c1cc2c(Br)cccc2c(=O)[nH]1. The molecule has 1 aromatic carbocycles. The first-order valence-electron chi connectivity index (χ1n) is 5.12. The Labute approximate surface area is 106 Å². The van der Waals surface area contributed by atoms with E-state index in [9.17, 15) is 9.59 Å². The maximum atomic E-state index is 11.8. The molecule has 0 bridgehead atoms. The molecule has 0 radical (unpaired) electrons. The minimum Gasteiger partial charge on any atom is -0.461 e. The van der Waals surface area contributed by atoms with Crippen LogP contribution in [0.4, 0.5) is 0 Å². The maximum absolute atomic E-state index is 11.8. The lowest BCUT2D eigenvalue weighted by Gasteiger charge is -2.04. The zero-order valence-electron chi connectivity index (χ0n) is 9.12. The first-order chi connectivity index (χ1) is 8.13. The molecular formula is C12H10BrNO3. The fourth-order valence-electron chi connectivity index (χ4n) is 1.57. The molecule has 4 nitrogen and oxygen atoms in total. The van der Waals surface area contributed by atoms with Crippen LogP contribution in [0.15, 0.2) is 33.5 Å². The van der Waals surface area contributed by atoms with Crippen molar-refractivity contribution in [1.29, 1.82) is 0 Å². The van der Waals surface area contributed by atoms with Gasteiger partial charge in [-0.25, -0.2) is 4.79 Å². The van der Waals surface area contributed by atoms with E-state index >= 15 is 0 Å². The van der Waals surface area contributed by atoms with Crippen LogP contribution in [0.5, 0.6) is 0 Å². The molecule has 0 saturated heterocycles. The predicted molar refractivity (Wildman–Crippen MR) is 68.2 cm³/mol. The Morgan fingerprint density at radius 2 is 2.18 bits per heavy atom. The van der Waals surface area contributed by atoms with Gasteiger partial charge in [0, 0.05) is 15.2 Å². The van der Waals surface area contributed by atoms with Gasteiger partial charge < -0.3 is 9.72 Å². The van der Waals surface area contributed by atoms with E-state index in [0.29, 0.717) is 10.8 Å². The van der Waals surface area contributed by atoms with Crippen LogP contribution >= 0.6 is 15.9 Å². The molecule has 5 heteroatoms. The van der Waals surface area contributed by atoms with Gasteiger partial charge in [0.25, 0.3) is 5.56 Å². The van der Waals surface area contributed by atoms with Gasteiger partial charge in [0.2, 0.25) is 0 Å². The summed E-state index contributed by atoms with van der Waals surface area (Å²) in [6, 6.07) is 6.90. The van der Waals surface area contributed by atoms with Gasteiger partial charge in [-0.15, -0.1) is 0 Å². The Hall–Kier alpha value is -1.62. The third-order valence-electron chi connectivity index (χ3n) is 2.33. The molecule has 0 aliphatic carbocycles. The normalized spacial score (nSPS) is 10.5. The molecule has 0 saturated carbocycles. The lowest BCUT2D eigenvalue weighted by Crippen LogP contribution is -2.15. The number of halogens is 1. The zero-order valence-corrected chi connectivity index (χ0v) is 10.7. The minimum atomic E-state index is -0.526. The number of hydrogen-bond donors (Lipinski definition) is 1. The Balaban J connectivity index is 2.66. The minimum absolute atomic E-state index is 0.163. The molecule has 0 aliphatic rings. The standard InChI is InChI=1S/C12H10BrNO3/c1-2-17-12(16)10-6-8-7(11(15)14-10)4-3-5-9(8)13/h3-6H,2H2,1H3,(H,14,15). The largest absolute Gasteiger partial charge is 0.461 e. The van der Waals surface area contributed by atoms with Gasteiger partial charge in [0.1, 0.15) is 5.69 Å². The van der Waals surface area contributed by atoms with Crippen molar-refractivity contribution in [2.75, 3.05) is 6.61 Å². The first kappa shape index (κ1) is 11.9. The molecule has 2 rings (SSSR count). The average molecular weight is 296 g/mol. The summed E-state index contributed by atoms with van der Waals surface area (Å²) in [5.41, 5.74) is -0.136. The highest BCUT2D eigenvalue weighted by Crippen LogP contribution is 2.21. The van der Waals surface area contributed by atoms with Crippen LogP contribution in [-0.2, 0) is 4.74 Å². The highest BCUT2D eigenvalue weighted by atomic mass is 79.9. The number of fused-ring (bicyclic) bond motifs is 1. The highest BCUT2D eigenvalue weighted by Gasteiger charge is 2.11. The Bertz CT molecular complexity index is 633. The summed E-state index contributed by atoms with van der Waals surface area (Å²) in [7, 11) is 0. The number of rotatable bonds is 2. The van der Waals surface area contributed by atoms with Crippen molar-refractivity contribution in [3.63, 3.8) is 0 Å². The van der Waals surface area contributed by atoms with Crippen LogP contribution in [0.2, 0.25) is 0 Å². The highest BCUT2D eigenvalue weighted by molar-refractivity contribution is 9.10. The summed E-state index contributed by atoms with van der Waals surface area (Å²) in [4.78, 5) is 25.8. The van der Waals surface area contributed by atoms with Crippen LogP contribution in [-0.4, -0.2) is 17.6 Å². The average Bonchev–Trinajstić information content (AvgIpc) is 2.30. The van der Waals surface area contributed by atoms with Gasteiger partial charge >= 0.3 is 5.97 Å². The first-order valence-corrected chi connectivity index (χ1v) is 5.91. The van der Waals surface area contributed by atoms with E-state index < -0.39 is 5.97 Å². The molecule has 17 heavy (non-hydrogen) atoms. The van der Waals surface area contributed by atoms with Crippen LogP contribution in [0.1, 0.15) is 17.4 Å². The monoisotopic (exact) mass is 295 g/mol. The van der Waals surface area contributed by atoms with Crippen LogP contribution in [0.25, 0.3) is 10.8 Å². The van der Waals surface area contributed by atoms with Crippen molar-refractivity contribution in [1.82, 2.24) is 4.98 Å². The molecule has 0 aliphatic heterocycles. The number of esters is 1. The van der Waals surface area contributed by atoms with Gasteiger partial charge in [0.15, 0.2) is 0 Å². The number of hydrogen-bond acceptors (Lipinski definition) is 3. The van der Waals surface area contributed by atoms with Crippen molar-refractivity contribution >= 4 is 32.7 Å². The molecule has 0 unspecified atom stereocenters. The van der Waals surface area contributed by atoms with Crippen molar-refractivity contribution in [3.8, 4) is 0 Å². The summed E-state index contributed by atoms with van der Waals surface area (Å²) in [5.74, 6) is -0.526. The van der Waals surface area contributed by atoms with Gasteiger partial charge in [0.05, 0.1) is 6.61 Å². The molecular weight excluding hydrogens is 286 g/mol. The lowest BCUT2D eigenvalue weighted by molar-refractivity contribution is 0.0519. The van der Waals surface area contributed by atoms with Gasteiger partial charge in [-0.1, -0.05) is 22.0 Å². The number of carbonyl (C=O) groups excluding carboxylic acids is 1. The van der Waals surface area contributed by atoms with Gasteiger partial charge in [-0.05, 0) is 25.1 Å². The van der Waals surface area contributed by atoms with Crippen LogP contribution in [0.3, 0.4) is 0 Å². The van der Waals surface area contributed by atoms with E-state index in [4.69, 9.17) is 4.74 Å². The van der Waals surface area contributed by atoms with E-state index in [1.165, 1.54) is 0 Å². The van der Waals surface area contributed by atoms with Crippen molar-refractivity contribution in [2.45, 2.75) is 6.92 Å². The van der Waals surface area contributed by atoms with Crippen LogP contribution < -0.4 is 5.56 Å². The number of pyridine rings is 1. The van der Waals surface area contributed by atoms with E-state index in [-0.39, 0.29) is 17.9 Å². The maximum Gasteiger partial charge on any atom is 0.354 e. The summed E-state index contributed by atoms with van der Waals surface area (Å²) in [6.07, 6.45) is 0. The van der Waals surface area contributed by atoms with Crippen LogP contribution in [0, 0.1) is 0 Å². The third-order valence-corrected chi connectivity index (χ3v) is 3.02. The Kier molecular flexibility index (Phi) is 3.28. The predicted octanol–water partition coefficient (Wildman–Crippen LogP) is 2.47. The quantitative estimate of drug-likeness (QED) is 0.866. The summed E-state index contributed by atoms with van der Waals surface area (Å²) in [5, 5.41) is 1.23. The molecule has 1 heterocycles. The Morgan fingerprint density at radius 3 is 2.88 bits per heavy atom. The molecule has 0 spiro atoms. The third kappa shape index (κ3) is 2.24. The number of ether oxygens (including phenoxy) is 1. The number of benzene rings is 1. The van der Waals surface area contributed by atoms with E-state index in [0.717, 1.165) is 4.47 Å². The summed E-state index contributed by atoms with van der Waals surface area (Å²) >= 11 is 3.35. The van der Waals surface area contributed by atoms with Gasteiger partial charge in [-0.2, -0.15) is 0 Å². The summed E-state index contributed by atoms with van der Waals surface area (Å²) < 4.78 is 5.62. The number of aromatic amines is 1. The molecule has 1 N–H and O–H groups in total. The molecule has 0 amide bonds. The van der Waals surface area contributed by atoms with Crippen molar-refractivity contribution in [2.24, 2.45) is 0 Å². The number of carbonyl (C=O) groups is 1. The lowest BCUT2D eigenvalue weighted by atomic mass is 10.1. The molecule has 0 atom stereocenters. The van der Waals surface area contributed by atoms with E-state index in [1.807, 2.05) is 6.07 Å². The van der Waals surface area contributed by atoms with E-state index in [1.54, 1.807) is 25.1 Å². The summed E-state index contributed by atoms with van der Waals surface area (Å²) in [6.45, 7) is 1.99. The van der Waals surface area contributed by atoms with Crippen molar-refractivity contribution in [3.05, 3.63) is 44.8 Å². The molecule has 0 fully saturated rings. The second-order valence-electron chi connectivity index (χ2n) is 3.43. The second kappa shape index (κ2) is 4.71. The number of H-pyrrole nitrogens is 1. The fraction of sp³-hybridized carbons (Fsp3) is 0.167. The zero-order chi connectivity index (χ0) is 12.4. The van der Waals surface area contributed by atoms with E-state index in [2.05, 4.69) is 20.9 Å². The molecule has 1 aromatic heterocycles. The molecule has 88 valence electrons.